The lowest BCUT2D eigenvalue weighted by molar-refractivity contribution is -0.385. The summed E-state index contributed by atoms with van der Waals surface area (Å²) in [6, 6.07) is 8.38. The monoisotopic (exact) mass is 302 g/mol. The summed E-state index contributed by atoms with van der Waals surface area (Å²) in [5, 5.41) is 11.3. The molecule has 0 atom stereocenters. The van der Waals surface area contributed by atoms with Crippen LogP contribution in [0.5, 0.6) is 0 Å². The molecular weight excluding hydrogens is 295 g/mol. The number of hydrogen-bond acceptors (Lipinski definition) is 2. The number of H-pyrrole nitrogens is 1. The second kappa shape index (κ2) is 4.32. The van der Waals surface area contributed by atoms with Gasteiger partial charge < -0.3 is 24.0 Å². The van der Waals surface area contributed by atoms with Gasteiger partial charge in [0.1, 0.15) is 0 Å². The van der Waals surface area contributed by atoms with Crippen molar-refractivity contribution in [3.63, 3.8) is 0 Å². The Hall–Kier alpha value is -1.24. The van der Waals surface area contributed by atoms with Crippen LogP contribution in [-0.4, -0.2) is 4.92 Å². The van der Waals surface area contributed by atoms with Crippen LogP contribution in [0.2, 0.25) is 0 Å². The van der Waals surface area contributed by atoms with Gasteiger partial charge in [-0.1, -0.05) is 0 Å². The second-order valence-electron chi connectivity index (χ2n) is 2.70. The van der Waals surface area contributed by atoms with E-state index in [-0.39, 0.29) is 29.7 Å². The minimum Gasteiger partial charge on any atom is -1.00 e. The van der Waals surface area contributed by atoms with Crippen molar-refractivity contribution in [2.75, 3.05) is 0 Å². The smallest absolute Gasteiger partial charge is 0.270 e. The van der Waals surface area contributed by atoms with Crippen molar-refractivity contribution in [3.8, 4) is 0 Å². The molecule has 1 aromatic carbocycles. The molecule has 14 heavy (non-hydrogen) atoms. The standard InChI is InChI=1S/C9H6N2O2.HI/c12-11(13)8-3-4-9-7(6-8)2-1-5-10-9;/h1-6H;1H. The van der Waals surface area contributed by atoms with Crippen molar-refractivity contribution in [3.05, 3.63) is 46.6 Å². The lowest BCUT2D eigenvalue weighted by atomic mass is 10.2. The number of halogens is 1. The molecule has 0 unspecified atom stereocenters. The molecule has 72 valence electrons. The highest BCUT2D eigenvalue weighted by molar-refractivity contribution is 5.77. The highest BCUT2D eigenvalue weighted by Gasteiger charge is 2.07. The highest BCUT2D eigenvalue weighted by atomic mass is 127. The van der Waals surface area contributed by atoms with E-state index >= 15 is 0 Å². The number of nitro groups is 1. The minimum atomic E-state index is -0.396. The van der Waals surface area contributed by atoms with Gasteiger partial charge in [0.05, 0.1) is 10.3 Å². The number of pyridine rings is 1. The van der Waals surface area contributed by atoms with Crippen LogP contribution < -0.4 is 29.0 Å². The predicted octanol–water partition coefficient (Wildman–Crippen LogP) is -1.43. The van der Waals surface area contributed by atoms with E-state index in [0.717, 1.165) is 10.9 Å². The molecule has 1 aromatic heterocycles. The summed E-state index contributed by atoms with van der Waals surface area (Å²) in [5.74, 6) is 0. The molecule has 1 heterocycles. The second-order valence-corrected chi connectivity index (χ2v) is 2.70. The Balaban J connectivity index is 0.000000980. The minimum absolute atomic E-state index is 0. The fourth-order valence-electron chi connectivity index (χ4n) is 1.22. The maximum absolute atomic E-state index is 10.4. The molecular formula is C9H7IN2O2. The lowest BCUT2D eigenvalue weighted by Gasteiger charge is -1.91. The first kappa shape index (κ1) is 10.8. The molecule has 0 saturated carbocycles. The quantitative estimate of drug-likeness (QED) is 0.368. The van der Waals surface area contributed by atoms with E-state index in [9.17, 15) is 10.1 Å². The largest absolute Gasteiger partial charge is 1.00 e. The lowest BCUT2D eigenvalue weighted by Crippen LogP contribution is -3.00. The Bertz CT molecular complexity index is 473. The SMILES string of the molecule is O=[N+]([O-])c1ccc2[nH+]cccc2c1.[I-]. The summed E-state index contributed by atoms with van der Waals surface area (Å²) in [5.41, 5.74) is 1.01. The van der Waals surface area contributed by atoms with Crippen LogP contribution in [0.1, 0.15) is 0 Å². The van der Waals surface area contributed by atoms with Gasteiger partial charge in [0.2, 0.25) is 5.52 Å². The van der Waals surface area contributed by atoms with E-state index in [1.807, 2.05) is 12.1 Å². The number of nitrogens with zero attached hydrogens (tertiary/aromatic N) is 1. The fourth-order valence-corrected chi connectivity index (χ4v) is 1.22. The molecule has 2 rings (SSSR count). The number of rotatable bonds is 1. The number of non-ortho nitro benzene ring substituents is 1. The van der Waals surface area contributed by atoms with Crippen molar-refractivity contribution >= 4 is 16.6 Å². The van der Waals surface area contributed by atoms with Crippen molar-refractivity contribution in [2.24, 2.45) is 0 Å². The van der Waals surface area contributed by atoms with Crippen LogP contribution in [0, 0.1) is 10.1 Å². The average Bonchev–Trinajstić information content (AvgIpc) is 2.17. The Morgan fingerprint density at radius 2 is 2.07 bits per heavy atom. The summed E-state index contributed by atoms with van der Waals surface area (Å²) in [4.78, 5) is 13.0. The molecule has 0 bridgehead atoms. The van der Waals surface area contributed by atoms with Crippen LogP contribution in [0.4, 0.5) is 5.69 Å². The van der Waals surface area contributed by atoms with Crippen LogP contribution in [0.25, 0.3) is 10.9 Å². The molecule has 0 radical (unpaired) electrons. The molecule has 0 aliphatic carbocycles. The maximum atomic E-state index is 10.4. The first-order valence-electron chi connectivity index (χ1n) is 3.82. The molecule has 0 fully saturated rings. The third-order valence-corrected chi connectivity index (χ3v) is 1.86. The molecule has 1 N–H and O–H groups in total. The zero-order valence-corrected chi connectivity index (χ0v) is 9.26. The van der Waals surface area contributed by atoms with Gasteiger partial charge in [-0.25, -0.2) is 4.98 Å². The van der Waals surface area contributed by atoms with Gasteiger partial charge >= 0.3 is 0 Å². The van der Waals surface area contributed by atoms with E-state index in [2.05, 4.69) is 4.98 Å². The molecule has 2 aromatic rings. The van der Waals surface area contributed by atoms with E-state index in [1.54, 1.807) is 18.3 Å². The van der Waals surface area contributed by atoms with E-state index in [0.29, 0.717) is 0 Å². The van der Waals surface area contributed by atoms with Gasteiger partial charge in [0, 0.05) is 24.3 Å². The number of nitro benzene ring substituents is 1. The molecule has 0 aliphatic heterocycles. The van der Waals surface area contributed by atoms with Crippen molar-refractivity contribution in [2.45, 2.75) is 0 Å². The molecule has 0 amide bonds. The third kappa shape index (κ3) is 1.98. The topological polar surface area (TPSA) is 57.3 Å². The van der Waals surface area contributed by atoms with E-state index in [4.69, 9.17) is 0 Å². The van der Waals surface area contributed by atoms with Gasteiger partial charge in [0.15, 0.2) is 6.20 Å². The van der Waals surface area contributed by atoms with E-state index in [1.165, 1.54) is 6.07 Å². The zero-order valence-electron chi connectivity index (χ0n) is 7.11. The van der Waals surface area contributed by atoms with Gasteiger partial charge in [-0.3, -0.25) is 10.1 Å². The Kier molecular flexibility index (Phi) is 3.34. The number of aromatic nitrogens is 1. The molecule has 0 spiro atoms. The van der Waals surface area contributed by atoms with Gasteiger partial charge in [0.25, 0.3) is 5.69 Å². The molecule has 0 saturated heterocycles. The normalized spacial score (nSPS) is 9.43. The summed E-state index contributed by atoms with van der Waals surface area (Å²) in [6.07, 6.45) is 1.79. The van der Waals surface area contributed by atoms with Crippen LogP contribution in [0.3, 0.4) is 0 Å². The highest BCUT2D eigenvalue weighted by Crippen LogP contribution is 2.16. The van der Waals surface area contributed by atoms with Crippen LogP contribution in [-0.2, 0) is 0 Å². The maximum Gasteiger partial charge on any atom is 0.270 e. The Morgan fingerprint density at radius 1 is 1.29 bits per heavy atom. The Morgan fingerprint density at radius 3 is 2.79 bits per heavy atom. The van der Waals surface area contributed by atoms with Crippen LogP contribution >= 0.6 is 0 Å². The number of nitrogens with one attached hydrogen (secondary N) is 1. The van der Waals surface area contributed by atoms with Crippen molar-refractivity contribution < 1.29 is 33.9 Å². The fraction of sp³-hybridized carbons (Fsp3) is 0. The summed E-state index contributed by atoms with van der Waals surface area (Å²) < 4.78 is 0. The summed E-state index contributed by atoms with van der Waals surface area (Å²) in [6.45, 7) is 0. The average molecular weight is 302 g/mol. The number of aromatic amines is 1. The Labute approximate surface area is 97.1 Å². The third-order valence-electron chi connectivity index (χ3n) is 1.86. The van der Waals surface area contributed by atoms with Gasteiger partial charge in [-0.2, -0.15) is 0 Å². The van der Waals surface area contributed by atoms with Crippen molar-refractivity contribution in [1.82, 2.24) is 0 Å². The predicted molar refractivity (Wildman–Crippen MR) is 47.2 cm³/mol. The number of benzene rings is 1. The zero-order chi connectivity index (χ0) is 9.26. The first-order chi connectivity index (χ1) is 6.27. The number of hydrogen-bond donors (Lipinski definition) is 0. The van der Waals surface area contributed by atoms with Crippen LogP contribution in [0.15, 0.2) is 36.5 Å². The number of fused-ring (bicyclic) bond motifs is 1. The van der Waals surface area contributed by atoms with E-state index < -0.39 is 4.92 Å². The summed E-state index contributed by atoms with van der Waals surface area (Å²) >= 11 is 0. The van der Waals surface area contributed by atoms with Gasteiger partial charge in [-0.15, -0.1) is 0 Å². The van der Waals surface area contributed by atoms with Crippen molar-refractivity contribution in [1.29, 1.82) is 0 Å². The molecule has 4 nitrogen and oxygen atoms in total. The molecule has 0 aliphatic rings. The van der Waals surface area contributed by atoms with Gasteiger partial charge in [-0.05, 0) is 6.07 Å². The summed E-state index contributed by atoms with van der Waals surface area (Å²) in [7, 11) is 0. The molecule has 5 heteroatoms. The first-order valence-corrected chi connectivity index (χ1v) is 3.82.